The van der Waals surface area contributed by atoms with Crippen LogP contribution in [0.3, 0.4) is 0 Å². The van der Waals surface area contributed by atoms with E-state index in [1.165, 1.54) is 0 Å². The maximum atomic E-state index is 9.67. The van der Waals surface area contributed by atoms with Gasteiger partial charge in [0.25, 0.3) is 0 Å². The Bertz CT molecular complexity index is 161. The van der Waals surface area contributed by atoms with Crippen molar-refractivity contribution in [2.24, 2.45) is 5.41 Å². The van der Waals surface area contributed by atoms with Crippen LogP contribution in [0.2, 0.25) is 0 Å². The Kier molecular flexibility index (Phi) is 4.07. The third kappa shape index (κ3) is 3.88. The molecular weight excluding hydrogens is 182 g/mol. The van der Waals surface area contributed by atoms with Crippen LogP contribution in [0.15, 0.2) is 0 Å². The summed E-state index contributed by atoms with van der Waals surface area (Å²) in [7, 11) is 0. The van der Waals surface area contributed by atoms with Gasteiger partial charge in [-0.2, -0.15) is 12.6 Å². The van der Waals surface area contributed by atoms with E-state index < -0.39 is 0 Å². The lowest BCUT2D eigenvalue weighted by atomic mass is 9.87. The third-order valence-corrected chi connectivity index (χ3v) is 2.83. The molecule has 0 saturated carbocycles. The lowest BCUT2D eigenvalue weighted by Gasteiger charge is -2.29. The minimum atomic E-state index is -0.111. The van der Waals surface area contributed by atoms with Crippen LogP contribution in [0.1, 0.15) is 26.7 Å². The number of hydrogen-bond donors (Lipinski definition) is 2. The van der Waals surface area contributed by atoms with E-state index in [0.29, 0.717) is 0 Å². The Morgan fingerprint density at radius 3 is 2.85 bits per heavy atom. The summed E-state index contributed by atoms with van der Waals surface area (Å²) in [6.45, 7) is 7.61. The van der Waals surface area contributed by atoms with Crippen molar-refractivity contribution in [3.8, 4) is 0 Å². The van der Waals surface area contributed by atoms with Gasteiger partial charge in [0.15, 0.2) is 0 Å². The average molecular weight is 203 g/mol. The molecule has 1 aliphatic heterocycles. The Labute approximate surface area is 86.7 Å². The van der Waals surface area contributed by atoms with Gasteiger partial charge in [-0.15, -0.1) is 0 Å². The van der Waals surface area contributed by atoms with E-state index in [-0.39, 0.29) is 11.5 Å². The molecule has 1 heterocycles. The largest absolute Gasteiger partial charge is 0.393 e. The molecule has 0 radical (unpaired) electrons. The summed E-state index contributed by atoms with van der Waals surface area (Å²) in [5.74, 6) is 0.909. The van der Waals surface area contributed by atoms with Crippen molar-refractivity contribution < 1.29 is 5.11 Å². The quantitative estimate of drug-likeness (QED) is 0.663. The van der Waals surface area contributed by atoms with Crippen LogP contribution in [0.25, 0.3) is 0 Å². The summed E-state index contributed by atoms with van der Waals surface area (Å²) in [5.41, 5.74) is 0.249. The van der Waals surface area contributed by atoms with Crippen LogP contribution < -0.4 is 0 Å². The Hall–Kier alpha value is 0.270. The normalized spacial score (nSPS) is 30.0. The van der Waals surface area contributed by atoms with Crippen molar-refractivity contribution in [3.63, 3.8) is 0 Å². The first kappa shape index (κ1) is 11.3. The molecule has 0 aromatic heterocycles. The molecule has 1 atom stereocenters. The van der Waals surface area contributed by atoms with E-state index in [1.807, 2.05) is 0 Å². The van der Waals surface area contributed by atoms with E-state index in [4.69, 9.17) is 0 Å². The van der Waals surface area contributed by atoms with Crippen molar-refractivity contribution in [2.75, 3.05) is 25.4 Å². The topological polar surface area (TPSA) is 23.5 Å². The number of nitrogens with zero attached hydrogens (tertiary/aromatic N) is 1. The van der Waals surface area contributed by atoms with E-state index in [1.54, 1.807) is 0 Å². The van der Waals surface area contributed by atoms with Crippen LogP contribution in [0.4, 0.5) is 0 Å². The first-order valence-electron chi connectivity index (χ1n) is 5.05. The van der Waals surface area contributed by atoms with Crippen molar-refractivity contribution in [1.82, 2.24) is 4.90 Å². The molecule has 0 spiro atoms. The lowest BCUT2D eigenvalue weighted by molar-refractivity contribution is 0.121. The van der Waals surface area contributed by atoms with E-state index >= 15 is 0 Å². The number of likely N-dealkylation sites (tertiary alicyclic amines) is 1. The van der Waals surface area contributed by atoms with Crippen LogP contribution >= 0.6 is 12.6 Å². The molecule has 1 rings (SSSR count). The highest BCUT2D eigenvalue weighted by molar-refractivity contribution is 7.80. The lowest BCUT2D eigenvalue weighted by Crippen LogP contribution is -2.34. The van der Waals surface area contributed by atoms with E-state index in [9.17, 15) is 5.11 Å². The molecule has 1 unspecified atom stereocenters. The maximum Gasteiger partial charge on any atom is 0.0558 e. The van der Waals surface area contributed by atoms with E-state index in [2.05, 4.69) is 31.4 Å². The number of aliphatic hydroxyl groups is 1. The molecule has 0 aliphatic carbocycles. The molecule has 1 aliphatic rings. The summed E-state index contributed by atoms with van der Waals surface area (Å²) in [4.78, 5) is 2.41. The van der Waals surface area contributed by atoms with Gasteiger partial charge in [0.2, 0.25) is 0 Å². The van der Waals surface area contributed by atoms with Gasteiger partial charge in [0, 0.05) is 25.4 Å². The third-order valence-electron chi connectivity index (χ3n) is 2.63. The fourth-order valence-corrected chi connectivity index (χ4v) is 2.44. The summed E-state index contributed by atoms with van der Waals surface area (Å²) in [6, 6.07) is 0. The zero-order chi connectivity index (χ0) is 9.90. The monoisotopic (exact) mass is 203 g/mol. The zero-order valence-electron chi connectivity index (χ0n) is 8.66. The highest BCUT2D eigenvalue weighted by atomic mass is 32.1. The Morgan fingerprint density at radius 2 is 2.23 bits per heavy atom. The van der Waals surface area contributed by atoms with Crippen LogP contribution in [-0.4, -0.2) is 41.5 Å². The maximum absolute atomic E-state index is 9.67. The summed E-state index contributed by atoms with van der Waals surface area (Å²) < 4.78 is 0. The molecule has 0 bridgehead atoms. The van der Waals surface area contributed by atoms with Gasteiger partial charge in [0.05, 0.1) is 6.10 Å². The van der Waals surface area contributed by atoms with Crippen LogP contribution in [0.5, 0.6) is 0 Å². The molecule has 1 fully saturated rings. The minimum absolute atomic E-state index is 0.111. The Morgan fingerprint density at radius 1 is 1.54 bits per heavy atom. The van der Waals surface area contributed by atoms with Gasteiger partial charge in [-0.3, -0.25) is 0 Å². The molecular formula is C10H21NOS. The standard InChI is InChI=1S/C10H21NOS/c1-10(2)7-9(12)3-4-11(8-10)5-6-13/h9,12-13H,3-8H2,1-2H3. The van der Waals surface area contributed by atoms with Crippen molar-refractivity contribution in [2.45, 2.75) is 32.8 Å². The first-order chi connectivity index (χ1) is 6.03. The molecule has 0 amide bonds. The summed E-state index contributed by atoms with van der Waals surface area (Å²) in [6.07, 6.45) is 1.73. The molecule has 2 nitrogen and oxygen atoms in total. The van der Waals surface area contributed by atoms with Crippen LogP contribution in [-0.2, 0) is 0 Å². The molecule has 0 aromatic carbocycles. The van der Waals surface area contributed by atoms with E-state index in [0.717, 1.165) is 38.2 Å². The molecule has 3 heteroatoms. The predicted molar refractivity (Wildman–Crippen MR) is 59.3 cm³/mol. The Balaban J connectivity index is 2.52. The highest BCUT2D eigenvalue weighted by Crippen LogP contribution is 2.27. The second-order valence-corrected chi connectivity index (χ2v) is 5.26. The van der Waals surface area contributed by atoms with Crippen molar-refractivity contribution >= 4 is 12.6 Å². The fourth-order valence-electron chi connectivity index (χ4n) is 2.15. The average Bonchev–Trinajstić information content (AvgIpc) is 2.09. The number of thiol groups is 1. The number of aliphatic hydroxyl groups excluding tert-OH is 1. The molecule has 0 aromatic rings. The number of rotatable bonds is 2. The van der Waals surface area contributed by atoms with Gasteiger partial charge < -0.3 is 10.0 Å². The molecule has 1 saturated heterocycles. The zero-order valence-corrected chi connectivity index (χ0v) is 9.56. The van der Waals surface area contributed by atoms with Crippen molar-refractivity contribution in [1.29, 1.82) is 0 Å². The van der Waals surface area contributed by atoms with Gasteiger partial charge in [-0.05, 0) is 18.3 Å². The summed E-state index contributed by atoms with van der Waals surface area (Å²) >= 11 is 4.24. The fraction of sp³-hybridized carbons (Fsp3) is 1.00. The molecule has 1 N–H and O–H groups in total. The number of hydrogen-bond acceptors (Lipinski definition) is 3. The van der Waals surface area contributed by atoms with Gasteiger partial charge in [0.1, 0.15) is 0 Å². The van der Waals surface area contributed by atoms with Gasteiger partial charge >= 0.3 is 0 Å². The SMILES string of the molecule is CC1(C)CC(O)CCN(CCS)C1. The second-order valence-electron chi connectivity index (χ2n) is 4.81. The highest BCUT2D eigenvalue weighted by Gasteiger charge is 2.28. The molecule has 78 valence electrons. The van der Waals surface area contributed by atoms with Crippen molar-refractivity contribution in [3.05, 3.63) is 0 Å². The second kappa shape index (κ2) is 4.67. The minimum Gasteiger partial charge on any atom is -0.393 e. The predicted octanol–water partition coefficient (Wildman–Crippen LogP) is 1.40. The van der Waals surface area contributed by atoms with Gasteiger partial charge in [-0.25, -0.2) is 0 Å². The smallest absolute Gasteiger partial charge is 0.0558 e. The van der Waals surface area contributed by atoms with Gasteiger partial charge in [-0.1, -0.05) is 13.8 Å². The van der Waals surface area contributed by atoms with Crippen LogP contribution in [0, 0.1) is 5.41 Å². The first-order valence-corrected chi connectivity index (χ1v) is 5.68. The molecule has 13 heavy (non-hydrogen) atoms. The summed E-state index contributed by atoms with van der Waals surface area (Å²) in [5, 5.41) is 9.67.